The third kappa shape index (κ3) is 1.33. The lowest BCUT2D eigenvalue weighted by Crippen LogP contribution is -2.10. The molecule has 3 rings (SSSR count). The van der Waals surface area contributed by atoms with Crippen LogP contribution < -0.4 is 5.32 Å². The molecule has 4 heteroatoms. The molecule has 0 spiro atoms. The minimum atomic E-state index is -0.206. The third-order valence-corrected chi connectivity index (χ3v) is 2.97. The average molecular weight is 205 g/mol. The second kappa shape index (κ2) is 3.31. The molecular formula is C11H12FN3. The summed E-state index contributed by atoms with van der Waals surface area (Å²) in [6.07, 6.45) is 4.57. The number of nitrogens with zero attached hydrogens (tertiary/aromatic N) is 2. The van der Waals surface area contributed by atoms with Crippen molar-refractivity contribution in [3.63, 3.8) is 0 Å². The average Bonchev–Trinajstić information content (AvgIpc) is 2.85. The summed E-state index contributed by atoms with van der Waals surface area (Å²) in [5.74, 6) is 1.17. The smallest absolute Gasteiger partial charge is 0.148 e. The molecule has 3 heterocycles. The Kier molecular flexibility index (Phi) is 1.95. The molecule has 1 aliphatic heterocycles. The topological polar surface area (TPSA) is 29.3 Å². The van der Waals surface area contributed by atoms with Gasteiger partial charge in [0.15, 0.2) is 0 Å². The summed E-state index contributed by atoms with van der Waals surface area (Å²) in [5, 5.41) is 3.29. The van der Waals surface area contributed by atoms with E-state index in [1.165, 1.54) is 6.07 Å². The number of hydrogen-bond acceptors (Lipinski definition) is 2. The molecule has 2 aromatic rings. The fourth-order valence-corrected chi connectivity index (χ4v) is 2.18. The summed E-state index contributed by atoms with van der Waals surface area (Å²) < 4.78 is 15.3. The van der Waals surface area contributed by atoms with Crippen molar-refractivity contribution in [3.05, 3.63) is 36.2 Å². The molecule has 1 fully saturated rings. The van der Waals surface area contributed by atoms with Crippen LogP contribution in [0.25, 0.3) is 5.52 Å². The van der Waals surface area contributed by atoms with E-state index in [4.69, 9.17) is 0 Å². The van der Waals surface area contributed by atoms with Gasteiger partial charge in [-0.25, -0.2) is 9.37 Å². The van der Waals surface area contributed by atoms with Crippen LogP contribution in [0.2, 0.25) is 0 Å². The van der Waals surface area contributed by atoms with Crippen molar-refractivity contribution in [2.75, 3.05) is 13.1 Å². The molecule has 0 saturated carbocycles. The third-order valence-electron chi connectivity index (χ3n) is 2.97. The molecule has 0 radical (unpaired) electrons. The van der Waals surface area contributed by atoms with Crippen LogP contribution >= 0.6 is 0 Å². The van der Waals surface area contributed by atoms with Crippen molar-refractivity contribution in [2.45, 2.75) is 12.3 Å². The Balaban J connectivity index is 2.15. The van der Waals surface area contributed by atoms with E-state index < -0.39 is 0 Å². The van der Waals surface area contributed by atoms with E-state index in [2.05, 4.69) is 10.3 Å². The Morgan fingerprint density at radius 1 is 1.53 bits per heavy atom. The van der Waals surface area contributed by atoms with E-state index in [9.17, 15) is 4.39 Å². The lowest BCUT2D eigenvalue weighted by Gasteiger charge is -2.06. The Morgan fingerprint density at radius 2 is 2.47 bits per heavy atom. The molecule has 15 heavy (non-hydrogen) atoms. The Hall–Kier alpha value is -1.42. The van der Waals surface area contributed by atoms with Crippen LogP contribution in [0.3, 0.4) is 0 Å². The van der Waals surface area contributed by atoms with Crippen LogP contribution in [0, 0.1) is 5.82 Å². The van der Waals surface area contributed by atoms with Crippen LogP contribution in [-0.2, 0) is 0 Å². The zero-order valence-electron chi connectivity index (χ0n) is 8.28. The highest BCUT2D eigenvalue weighted by Crippen LogP contribution is 2.22. The van der Waals surface area contributed by atoms with Gasteiger partial charge in [-0.3, -0.25) is 0 Å². The largest absolute Gasteiger partial charge is 0.316 e. The molecule has 1 aliphatic rings. The van der Waals surface area contributed by atoms with Crippen molar-refractivity contribution < 1.29 is 4.39 Å². The zero-order chi connectivity index (χ0) is 10.3. The van der Waals surface area contributed by atoms with Crippen molar-refractivity contribution in [3.8, 4) is 0 Å². The van der Waals surface area contributed by atoms with Crippen molar-refractivity contribution in [1.29, 1.82) is 0 Å². The summed E-state index contributed by atoms with van der Waals surface area (Å²) in [6.45, 7) is 1.96. The second-order valence-electron chi connectivity index (χ2n) is 3.92. The number of rotatable bonds is 1. The highest BCUT2D eigenvalue weighted by atomic mass is 19.1. The van der Waals surface area contributed by atoms with E-state index in [-0.39, 0.29) is 5.82 Å². The normalized spacial score (nSPS) is 21.3. The number of aromatic nitrogens is 2. The molecule has 0 amide bonds. The SMILES string of the molecule is Fc1cccn2c(C3CCNC3)ncc12. The van der Waals surface area contributed by atoms with Gasteiger partial charge in [-0.05, 0) is 25.1 Å². The predicted molar refractivity (Wildman–Crippen MR) is 55.4 cm³/mol. The first kappa shape index (κ1) is 8.85. The Labute approximate surface area is 86.9 Å². The van der Waals surface area contributed by atoms with Gasteiger partial charge in [0, 0.05) is 18.7 Å². The highest BCUT2D eigenvalue weighted by molar-refractivity contribution is 5.47. The maximum atomic E-state index is 13.4. The van der Waals surface area contributed by atoms with E-state index in [1.54, 1.807) is 12.3 Å². The number of hydrogen-bond donors (Lipinski definition) is 1. The van der Waals surface area contributed by atoms with E-state index in [0.717, 1.165) is 25.3 Å². The van der Waals surface area contributed by atoms with Crippen molar-refractivity contribution in [1.82, 2.24) is 14.7 Å². The van der Waals surface area contributed by atoms with Crippen LogP contribution in [-0.4, -0.2) is 22.5 Å². The van der Waals surface area contributed by atoms with Gasteiger partial charge >= 0.3 is 0 Å². The maximum absolute atomic E-state index is 13.4. The Morgan fingerprint density at radius 3 is 3.27 bits per heavy atom. The molecule has 1 saturated heterocycles. The van der Waals surface area contributed by atoms with Gasteiger partial charge in [-0.15, -0.1) is 0 Å². The lowest BCUT2D eigenvalue weighted by molar-refractivity contribution is 0.629. The summed E-state index contributed by atoms with van der Waals surface area (Å²) in [5.41, 5.74) is 0.569. The molecule has 1 unspecified atom stereocenters. The monoisotopic (exact) mass is 205 g/mol. The molecule has 2 aromatic heterocycles. The fourth-order valence-electron chi connectivity index (χ4n) is 2.18. The zero-order valence-corrected chi connectivity index (χ0v) is 8.28. The second-order valence-corrected chi connectivity index (χ2v) is 3.92. The molecule has 0 bridgehead atoms. The molecule has 1 atom stereocenters. The Bertz CT molecular complexity index is 486. The van der Waals surface area contributed by atoms with Gasteiger partial charge in [-0.2, -0.15) is 0 Å². The van der Waals surface area contributed by atoms with Crippen LogP contribution in [0.15, 0.2) is 24.5 Å². The molecule has 1 N–H and O–H groups in total. The number of fused-ring (bicyclic) bond motifs is 1. The number of imidazole rings is 1. The number of halogens is 1. The summed E-state index contributed by atoms with van der Waals surface area (Å²) in [6, 6.07) is 3.18. The van der Waals surface area contributed by atoms with E-state index in [1.807, 2.05) is 10.6 Å². The van der Waals surface area contributed by atoms with Gasteiger partial charge in [0.25, 0.3) is 0 Å². The minimum absolute atomic E-state index is 0.206. The first-order chi connectivity index (χ1) is 7.36. The molecule has 0 aromatic carbocycles. The van der Waals surface area contributed by atoms with Gasteiger partial charge in [-0.1, -0.05) is 0 Å². The summed E-state index contributed by atoms with van der Waals surface area (Å²) in [4.78, 5) is 4.32. The lowest BCUT2D eigenvalue weighted by atomic mass is 10.1. The first-order valence-corrected chi connectivity index (χ1v) is 5.18. The summed E-state index contributed by atoms with van der Waals surface area (Å²) >= 11 is 0. The first-order valence-electron chi connectivity index (χ1n) is 5.18. The van der Waals surface area contributed by atoms with Crippen molar-refractivity contribution >= 4 is 5.52 Å². The highest BCUT2D eigenvalue weighted by Gasteiger charge is 2.21. The fraction of sp³-hybridized carbons (Fsp3) is 0.364. The standard InChI is InChI=1S/C11H12FN3/c12-9-2-1-5-15-10(9)7-14-11(15)8-3-4-13-6-8/h1-2,5,7-8,13H,3-4,6H2. The predicted octanol–water partition coefficient (Wildman–Crippen LogP) is 1.55. The van der Waals surface area contributed by atoms with Gasteiger partial charge in [0.05, 0.1) is 6.20 Å². The van der Waals surface area contributed by atoms with E-state index >= 15 is 0 Å². The van der Waals surface area contributed by atoms with E-state index in [0.29, 0.717) is 11.4 Å². The van der Waals surface area contributed by atoms with Crippen LogP contribution in [0.4, 0.5) is 4.39 Å². The summed E-state index contributed by atoms with van der Waals surface area (Å²) in [7, 11) is 0. The van der Waals surface area contributed by atoms with Crippen LogP contribution in [0.5, 0.6) is 0 Å². The van der Waals surface area contributed by atoms with Crippen LogP contribution in [0.1, 0.15) is 18.2 Å². The van der Waals surface area contributed by atoms with Gasteiger partial charge < -0.3 is 9.72 Å². The molecule has 3 nitrogen and oxygen atoms in total. The molecule has 78 valence electrons. The van der Waals surface area contributed by atoms with Gasteiger partial charge in [0.2, 0.25) is 0 Å². The molecule has 0 aliphatic carbocycles. The number of pyridine rings is 1. The molecular weight excluding hydrogens is 193 g/mol. The van der Waals surface area contributed by atoms with Gasteiger partial charge in [0.1, 0.15) is 17.2 Å². The van der Waals surface area contributed by atoms with Crippen molar-refractivity contribution in [2.24, 2.45) is 0 Å². The number of nitrogens with one attached hydrogen (secondary N) is 1. The maximum Gasteiger partial charge on any atom is 0.148 e. The quantitative estimate of drug-likeness (QED) is 0.765. The minimum Gasteiger partial charge on any atom is -0.316 e.